The van der Waals surface area contributed by atoms with Gasteiger partial charge in [0, 0.05) is 12.2 Å². The first-order chi connectivity index (χ1) is 12.3. The maximum Gasteiger partial charge on any atom is 0.234 e. The fraction of sp³-hybridized carbons (Fsp3) is 0.278. The molecule has 8 heteroatoms. The number of hydrogen-bond donors (Lipinski definition) is 1. The maximum atomic E-state index is 13.6. The number of nitrogens with one attached hydrogen (secondary N) is 1. The number of amides is 1. The molecule has 0 bridgehead atoms. The van der Waals surface area contributed by atoms with Crippen LogP contribution in [0.15, 0.2) is 42.5 Å². The van der Waals surface area contributed by atoms with Gasteiger partial charge in [0.15, 0.2) is 0 Å². The van der Waals surface area contributed by atoms with Crippen LogP contribution in [0.25, 0.3) is 0 Å². The summed E-state index contributed by atoms with van der Waals surface area (Å²) in [5.74, 6) is -1.63. The summed E-state index contributed by atoms with van der Waals surface area (Å²) in [7, 11) is -3.51. The van der Waals surface area contributed by atoms with Crippen molar-refractivity contribution in [3.63, 3.8) is 0 Å². The second-order valence-electron chi connectivity index (χ2n) is 6.08. The van der Waals surface area contributed by atoms with E-state index in [1.807, 2.05) is 12.1 Å². The SMILES string of the molecule is CCS(=O)(=O)N1C[C@@H](C(=O)Nc2ccc(Cl)c(F)c2)Cc2ccccc21. The van der Waals surface area contributed by atoms with Crippen LogP contribution in [0.2, 0.25) is 5.02 Å². The summed E-state index contributed by atoms with van der Waals surface area (Å²) in [5, 5.41) is 2.61. The molecular formula is C18H18ClFN2O3S. The van der Waals surface area contributed by atoms with E-state index in [2.05, 4.69) is 5.32 Å². The molecule has 1 aliphatic heterocycles. The summed E-state index contributed by atoms with van der Waals surface area (Å²) in [4.78, 5) is 12.6. The lowest BCUT2D eigenvalue weighted by Gasteiger charge is -2.34. The van der Waals surface area contributed by atoms with Crippen molar-refractivity contribution < 1.29 is 17.6 Å². The maximum absolute atomic E-state index is 13.6. The van der Waals surface area contributed by atoms with Gasteiger partial charge in [-0.2, -0.15) is 0 Å². The average molecular weight is 397 g/mol. The molecule has 0 spiro atoms. The van der Waals surface area contributed by atoms with Crippen molar-refractivity contribution in [2.24, 2.45) is 5.92 Å². The van der Waals surface area contributed by atoms with E-state index in [4.69, 9.17) is 11.6 Å². The monoisotopic (exact) mass is 396 g/mol. The van der Waals surface area contributed by atoms with Gasteiger partial charge in [0.2, 0.25) is 15.9 Å². The smallest absolute Gasteiger partial charge is 0.234 e. The molecule has 2 aromatic rings. The lowest BCUT2D eigenvalue weighted by molar-refractivity contribution is -0.119. The van der Waals surface area contributed by atoms with E-state index in [-0.39, 0.29) is 28.9 Å². The summed E-state index contributed by atoms with van der Waals surface area (Å²) >= 11 is 5.65. The third-order valence-corrected chi connectivity index (χ3v) is 6.42. The number of hydrogen-bond acceptors (Lipinski definition) is 3. The Labute approximate surface area is 156 Å². The molecule has 2 aromatic carbocycles. The Morgan fingerprint density at radius 1 is 1.31 bits per heavy atom. The minimum Gasteiger partial charge on any atom is -0.326 e. The zero-order valence-corrected chi connectivity index (χ0v) is 15.6. The van der Waals surface area contributed by atoms with Gasteiger partial charge in [0.05, 0.1) is 22.4 Å². The lowest BCUT2D eigenvalue weighted by Crippen LogP contribution is -2.44. The van der Waals surface area contributed by atoms with Gasteiger partial charge >= 0.3 is 0 Å². The number of sulfonamides is 1. The topological polar surface area (TPSA) is 66.5 Å². The molecule has 138 valence electrons. The molecule has 0 saturated carbocycles. The van der Waals surface area contributed by atoms with Gasteiger partial charge in [-0.1, -0.05) is 29.8 Å². The Morgan fingerprint density at radius 3 is 2.73 bits per heavy atom. The summed E-state index contributed by atoms with van der Waals surface area (Å²) in [5.41, 5.74) is 1.68. The van der Waals surface area contributed by atoms with E-state index in [1.54, 1.807) is 19.1 Å². The van der Waals surface area contributed by atoms with Gasteiger partial charge in [-0.25, -0.2) is 12.8 Å². The zero-order valence-electron chi connectivity index (χ0n) is 14.1. The van der Waals surface area contributed by atoms with Gasteiger partial charge in [-0.05, 0) is 43.2 Å². The van der Waals surface area contributed by atoms with Gasteiger partial charge in [-0.15, -0.1) is 0 Å². The minimum absolute atomic E-state index is 0.0326. The van der Waals surface area contributed by atoms with Crippen LogP contribution in [0.3, 0.4) is 0 Å². The highest BCUT2D eigenvalue weighted by molar-refractivity contribution is 7.92. The highest BCUT2D eigenvalue weighted by atomic mass is 35.5. The predicted molar refractivity (Wildman–Crippen MR) is 100 cm³/mol. The third-order valence-electron chi connectivity index (χ3n) is 4.37. The van der Waals surface area contributed by atoms with Crippen LogP contribution >= 0.6 is 11.6 Å². The molecule has 5 nitrogen and oxygen atoms in total. The molecule has 0 aliphatic carbocycles. The molecule has 1 heterocycles. The van der Waals surface area contributed by atoms with Gasteiger partial charge in [0.1, 0.15) is 5.82 Å². The predicted octanol–water partition coefficient (Wildman–Crippen LogP) is 3.45. The average Bonchev–Trinajstić information content (AvgIpc) is 2.63. The highest BCUT2D eigenvalue weighted by Gasteiger charge is 2.34. The van der Waals surface area contributed by atoms with Gasteiger partial charge < -0.3 is 5.32 Å². The molecule has 0 fully saturated rings. The Morgan fingerprint density at radius 2 is 2.04 bits per heavy atom. The molecule has 0 radical (unpaired) electrons. The summed E-state index contributed by atoms with van der Waals surface area (Å²) in [6.07, 6.45) is 0.411. The molecule has 1 N–H and O–H groups in total. The first kappa shape index (κ1) is 18.7. The zero-order chi connectivity index (χ0) is 18.9. The number of nitrogens with zero attached hydrogens (tertiary/aromatic N) is 1. The third kappa shape index (κ3) is 3.68. The quantitative estimate of drug-likeness (QED) is 0.860. The number of anilines is 2. The normalized spacial score (nSPS) is 16.9. The number of rotatable bonds is 4. The van der Waals surface area contributed by atoms with Crippen LogP contribution in [-0.2, 0) is 21.2 Å². The fourth-order valence-electron chi connectivity index (χ4n) is 2.97. The summed E-state index contributed by atoms with van der Waals surface area (Å²) in [6.45, 7) is 1.62. The van der Waals surface area contributed by atoms with Crippen molar-refractivity contribution >= 4 is 38.9 Å². The molecule has 0 unspecified atom stereocenters. The van der Waals surface area contributed by atoms with Crippen LogP contribution in [0.1, 0.15) is 12.5 Å². The molecular weight excluding hydrogens is 379 g/mol. The second kappa shape index (κ2) is 7.25. The van der Waals surface area contributed by atoms with Crippen molar-refractivity contribution in [1.29, 1.82) is 0 Å². The standard InChI is InChI=1S/C18H18ClFN2O3S/c1-2-26(24,25)22-11-13(9-12-5-3-4-6-17(12)22)18(23)21-14-7-8-15(19)16(20)10-14/h3-8,10,13H,2,9,11H2,1H3,(H,21,23)/t13-/m0/s1. The molecule has 3 rings (SSSR count). The van der Waals surface area contributed by atoms with E-state index < -0.39 is 21.8 Å². The molecule has 0 saturated heterocycles. The molecule has 1 aliphatic rings. The molecule has 0 aromatic heterocycles. The van der Waals surface area contributed by atoms with E-state index in [0.29, 0.717) is 12.1 Å². The van der Waals surface area contributed by atoms with Crippen LogP contribution < -0.4 is 9.62 Å². The van der Waals surface area contributed by atoms with Crippen molar-refractivity contribution in [1.82, 2.24) is 0 Å². The number of fused-ring (bicyclic) bond motifs is 1. The molecule has 1 atom stereocenters. The van der Waals surface area contributed by atoms with Gasteiger partial charge in [-0.3, -0.25) is 9.10 Å². The van der Waals surface area contributed by atoms with Crippen molar-refractivity contribution in [2.45, 2.75) is 13.3 Å². The van der Waals surface area contributed by atoms with E-state index in [9.17, 15) is 17.6 Å². The lowest BCUT2D eigenvalue weighted by atomic mass is 9.93. The van der Waals surface area contributed by atoms with E-state index in [1.165, 1.54) is 16.4 Å². The molecule has 26 heavy (non-hydrogen) atoms. The van der Waals surface area contributed by atoms with Crippen molar-refractivity contribution in [2.75, 3.05) is 21.9 Å². The first-order valence-electron chi connectivity index (χ1n) is 8.16. The molecule has 1 amide bonds. The highest BCUT2D eigenvalue weighted by Crippen LogP contribution is 2.32. The Hall–Kier alpha value is -2.12. The summed E-state index contributed by atoms with van der Waals surface area (Å²) in [6, 6.07) is 11.1. The van der Waals surface area contributed by atoms with Crippen LogP contribution in [0, 0.1) is 11.7 Å². The fourth-order valence-corrected chi connectivity index (χ4v) is 4.28. The first-order valence-corrected chi connectivity index (χ1v) is 10.1. The number of para-hydroxylation sites is 1. The largest absolute Gasteiger partial charge is 0.326 e. The second-order valence-corrected chi connectivity index (χ2v) is 8.67. The number of benzene rings is 2. The Kier molecular flexibility index (Phi) is 5.20. The Balaban J connectivity index is 1.87. The number of carbonyl (C=O) groups is 1. The van der Waals surface area contributed by atoms with Crippen LogP contribution in [0.4, 0.5) is 15.8 Å². The minimum atomic E-state index is -3.51. The Bertz CT molecular complexity index is 949. The number of carbonyl (C=O) groups excluding carboxylic acids is 1. The van der Waals surface area contributed by atoms with E-state index >= 15 is 0 Å². The van der Waals surface area contributed by atoms with Crippen LogP contribution in [0.5, 0.6) is 0 Å². The van der Waals surface area contributed by atoms with Crippen molar-refractivity contribution in [3.8, 4) is 0 Å². The van der Waals surface area contributed by atoms with Crippen LogP contribution in [-0.4, -0.2) is 26.6 Å². The summed E-state index contributed by atoms with van der Waals surface area (Å²) < 4.78 is 39.8. The van der Waals surface area contributed by atoms with E-state index in [0.717, 1.165) is 11.6 Å². The van der Waals surface area contributed by atoms with Gasteiger partial charge in [0.25, 0.3) is 0 Å². The number of halogens is 2. The van der Waals surface area contributed by atoms with Crippen molar-refractivity contribution in [3.05, 3.63) is 58.9 Å².